The van der Waals surface area contributed by atoms with E-state index in [4.69, 9.17) is 16.0 Å². The molecule has 0 aliphatic heterocycles. The first kappa shape index (κ1) is 24.2. The Labute approximate surface area is 195 Å². The minimum absolute atomic E-state index is 0.140. The van der Waals surface area contributed by atoms with Crippen molar-refractivity contribution in [2.24, 2.45) is 0 Å². The summed E-state index contributed by atoms with van der Waals surface area (Å²) in [4.78, 5) is 26.7. The number of carbonyl (C=O) groups is 1. The van der Waals surface area contributed by atoms with Gasteiger partial charge in [0.05, 0.1) is 16.0 Å². The Morgan fingerprint density at radius 2 is 1.91 bits per heavy atom. The fourth-order valence-electron chi connectivity index (χ4n) is 2.92. The normalized spacial score (nSPS) is 11.2. The van der Waals surface area contributed by atoms with Crippen LogP contribution in [0.15, 0.2) is 58.0 Å². The molecule has 1 aromatic heterocycles. The fraction of sp³-hybridized carbons (Fsp3) is 0.238. The van der Waals surface area contributed by atoms with Crippen molar-refractivity contribution in [2.75, 3.05) is 24.7 Å². The zero-order valence-corrected chi connectivity index (χ0v) is 19.1. The Bertz CT molecular complexity index is 1260. The number of amides is 1. The van der Waals surface area contributed by atoms with Crippen LogP contribution >= 0.6 is 11.6 Å². The van der Waals surface area contributed by atoms with Crippen LogP contribution in [-0.2, 0) is 21.1 Å². The average molecular weight is 493 g/mol. The Hall–Kier alpha value is -3.44. The maximum absolute atomic E-state index is 12.1. The molecule has 2 aromatic carbocycles. The number of aryl methyl sites for hydroxylation is 1. The monoisotopic (exact) mass is 492 g/mol. The van der Waals surface area contributed by atoms with Crippen molar-refractivity contribution in [2.45, 2.75) is 17.7 Å². The highest BCUT2D eigenvalue weighted by atomic mass is 35.5. The molecule has 174 valence electrons. The largest absolute Gasteiger partial charge is 0.441 e. The highest BCUT2D eigenvalue weighted by Crippen LogP contribution is 2.27. The summed E-state index contributed by atoms with van der Waals surface area (Å²) in [6.45, 7) is 0.427. The van der Waals surface area contributed by atoms with E-state index in [9.17, 15) is 23.3 Å². The zero-order chi connectivity index (χ0) is 24.0. The van der Waals surface area contributed by atoms with E-state index in [1.807, 2.05) is 12.1 Å². The summed E-state index contributed by atoms with van der Waals surface area (Å²) in [6.07, 6.45) is 3.03. The lowest BCUT2D eigenvalue weighted by Gasteiger charge is -2.09. The number of anilines is 1. The van der Waals surface area contributed by atoms with Gasteiger partial charge in [-0.1, -0.05) is 11.6 Å². The zero-order valence-electron chi connectivity index (χ0n) is 17.6. The molecule has 0 bridgehead atoms. The number of nitro benzene ring substituents is 1. The van der Waals surface area contributed by atoms with Gasteiger partial charge in [0.2, 0.25) is 5.91 Å². The van der Waals surface area contributed by atoms with E-state index >= 15 is 0 Å². The van der Waals surface area contributed by atoms with Crippen molar-refractivity contribution in [3.63, 3.8) is 0 Å². The second kappa shape index (κ2) is 10.5. The van der Waals surface area contributed by atoms with Crippen LogP contribution in [0.1, 0.15) is 12.3 Å². The Kier molecular flexibility index (Phi) is 7.67. The molecule has 12 heteroatoms. The molecular formula is C21H21ClN4O6S. The first-order chi connectivity index (χ1) is 15.6. The molecule has 3 rings (SSSR count). The van der Waals surface area contributed by atoms with Gasteiger partial charge in [0.15, 0.2) is 21.5 Å². The molecule has 0 aliphatic carbocycles. The Balaban J connectivity index is 1.46. The SMILES string of the molecule is CS(=O)(=O)c1ccc(NCCNC(=O)CCc2ncc(-c3ccc(Cl)cc3)o2)c([N+](=O)[O-])c1. The van der Waals surface area contributed by atoms with Crippen LogP contribution in [0.5, 0.6) is 0 Å². The average Bonchev–Trinajstić information content (AvgIpc) is 3.24. The highest BCUT2D eigenvalue weighted by Gasteiger charge is 2.18. The molecule has 1 heterocycles. The molecular weight excluding hydrogens is 472 g/mol. The van der Waals surface area contributed by atoms with E-state index in [1.54, 1.807) is 18.3 Å². The number of hydrogen-bond acceptors (Lipinski definition) is 8. The first-order valence-corrected chi connectivity index (χ1v) is 12.1. The van der Waals surface area contributed by atoms with Gasteiger partial charge in [0, 0.05) is 48.8 Å². The summed E-state index contributed by atoms with van der Waals surface area (Å²) in [5, 5.41) is 17.4. The lowest BCUT2D eigenvalue weighted by atomic mass is 10.2. The van der Waals surface area contributed by atoms with Crippen LogP contribution in [-0.4, -0.2) is 43.6 Å². The summed E-state index contributed by atoms with van der Waals surface area (Å²) in [7, 11) is -3.56. The van der Waals surface area contributed by atoms with Crippen molar-refractivity contribution in [1.82, 2.24) is 10.3 Å². The Morgan fingerprint density at radius 1 is 1.18 bits per heavy atom. The molecule has 3 aromatic rings. The standard InChI is InChI=1S/C21H21ClN4O6S/c1-33(30,31)16-6-7-17(18(12-16)26(28)29)23-10-11-24-20(27)8-9-21-25-13-19(32-21)14-2-4-15(22)5-3-14/h2-7,12-13,23H,8-11H2,1H3,(H,24,27). The molecule has 10 nitrogen and oxygen atoms in total. The van der Waals surface area contributed by atoms with Crippen LogP contribution in [0.2, 0.25) is 5.02 Å². The van der Waals surface area contributed by atoms with Crippen molar-refractivity contribution in [3.8, 4) is 11.3 Å². The van der Waals surface area contributed by atoms with Crippen LogP contribution < -0.4 is 10.6 Å². The number of hydrogen-bond donors (Lipinski definition) is 2. The molecule has 0 radical (unpaired) electrons. The van der Waals surface area contributed by atoms with Gasteiger partial charge in [0.25, 0.3) is 5.69 Å². The number of benzene rings is 2. The van der Waals surface area contributed by atoms with Crippen molar-refractivity contribution in [1.29, 1.82) is 0 Å². The Morgan fingerprint density at radius 3 is 2.58 bits per heavy atom. The second-order valence-electron chi connectivity index (χ2n) is 7.11. The van der Waals surface area contributed by atoms with Gasteiger partial charge >= 0.3 is 0 Å². The quantitative estimate of drug-likeness (QED) is 0.248. The molecule has 0 saturated heterocycles. The molecule has 2 N–H and O–H groups in total. The minimum Gasteiger partial charge on any atom is -0.441 e. The van der Waals surface area contributed by atoms with Crippen LogP contribution in [0, 0.1) is 10.1 Å². The minimum atomic E-state index is -3.56. The lowest BCUT2D eigenvalue weighted by Crippen LogP contribution is -2.29. The number of rotatable bonds is 10. The molecule has 0 spiro atoms. The van der Waals surface area contributed by atoms with Crippen molar-refractivity contribution >= 4 is 38.7 Å². The van der Waals surface area contributed by atoms with E-state index in [-0.39, 0.29) is 41.7 Å². The number of oxazole rings is 1. The van der Waals surface area contributed by atoms with E-state index in [0.717, 1.165) is 17.9 Å². The number of aromatic nitrogens is 1. The van der Waals surface area contributed by atoms with Gasteiger partial charge in [-0.05, 0) is 36.4 Å². The molecule has 0 aliphatic rings. The van der Waals surface area contributed by atoms with Crippen molar-refractivity contribution < 1.29 is 22.6 Å². The second-order valence-corrected chi connectivity index (χ2v) is 9.56. The van der Waals surface area contributed by atoms with E-state index in [1.165, 1.54) is 12.1 Å². The lowest BCUT2D eigenvalue weighted by molar-refractivity contribution is -0.384. The number of nitrogens with zero attached hydrogens (tertiary/aromatic N) is 2. The first-order valence-electron chi connectivity index (χ1n) is 9.83. The van der Waals surface area contributed by atoms with Crippen LogP contribution in [0.3, 0.4) is 0 Å². The number of halogens is 1. The summed E-state index contributed by atoms with van der Waals surface area (Å²) < 4.78 is 28.9. The molecule has 1 amide bonds. The maximum atomic E-state index is 12.1. The van der Waals surface area contributed by atoms with E-state index in [2.05, 4.69) is 15.6 Å². The highest BCUT2D eigenvalue weighted by molar-refractivity contribution is 7.90. The third-order valence-corrected chi connectivity index (χ3v) is 5.97. The van der Waals surface area contributed by atoms with E-state index < -0.39 is 14.8 Å². The van der Waals surface area contributed by atoms with Gasteiger partial charge in [-0.25, -0.2) is 13.4 Å². The predicted octanol–water partition coefficient (Wildman–Crippen LogP) is 3.47. The van der Waals surface area contributed by atoms with Crippen LogP contribution in [0.4, 0.5) is 11.4 Å². The van der Waals surface area contributed by atoms with E-state index in [0.29, 0.717) is 23.1 Å². The summed E-state index contributed by atoms with van der Waals surface area (Å²) in [5.41, 5.74) is 0.633. The number of carbonyl (C=O) groups excluding carboxylic acids is 1. The number of nitrogens with one attached hydrogen (secondary N) is 2. The van der Waals surface area contributed by atoms with Gasteiger partial charge in [-0.3, -0.25) is 14.9 Å². The predicted molar refractivity (Wildman–Crippen MR) is 123 cm³/mol. The van der Waals surface area contributed by atoms with Gasteiger partial charge in [-0.2, -0.15) is 0 Å². The maximum Gasteiger partial charge on any atom is 0.293 e. The number of sulfone groups is 1. The molecule has 0 atom stereocenters. The fourth-order valence-corrected chi connectivity index (χ4v) is 3.69. The molecule has 33 heavy (non-hydrogen) atoms. The molecule has 0 fully saturated rings. The van der Waals surface area contributed by atoms with Gasteiger partial charge < -0.3 is 15.1 Å². The van der Waals surface area contributed by atoms with Gasteiger partial charge in [0.1, 0.15) is 5.69 Å². The summed E-state index contributed by atoms with van der Waals surface area (Å²) in [5.74, 6) is 0.773. The number of nitro groups is 1. The molecule has 0 unspecified atom stereocenters. The van der Waals surface area contributed by atoms with Crippen LogP contribution in [0.25, 0.3) is 11.3 Å². The topological polar surface area (TPSA) is 144 Å². The summed E-state index contributed by atoms with van der Waals surface area (Å²) >= 11 is 5.87. The van der Waals surface area contributed by atoms with Gasteiger partial charge in [-0.15, -0.1) is 0 Å². The smallest absolute Gasteiger partial charge is 0.293 e. The molecule has 0 saturated carbocycles. The van der Waals surface area contributed by atoms with Crippen molar-refractivity contribution in [3.05, 3.63) is 69.7 Å². The third-order valence-electron chi connectivity index (χ3n) is 4.60. The third kappa shape index (κ3) is 6.77. The summed E-state index contributed by atoms with van der Waals surface area (Å²) in [6, 6.07) is 10.7.